The van der Waals surface area contributed by atoms with Crippen molar-refractivity contribution in [1.82, 2.24) is 10.3 Å². The van der Waals surface area contributed by atoms with Gasteiger partial charge in [0.15, 0.2) is 0 Å². The van der Waals surface area contributed by atoms with E-state index in [1.165, 1.54) is 0 Å². The van der Waals surface area contributed by atoms with Crippen LogP contribution in [0.15, 0.2) is 35.3 Å². The molecule has 3 rings (SSSR count). The number of benzene rings is 1. The zero-order chi connectivity index (χ0) is 15.7. The van der Waals surface area contributed by atoms with Crippen LogP contribution in [0, 0.1) is 5.92 Å². The van der Waals surface area contributed by atoms with Crippen LogP contribution >= 0.6 is 0 Å². The maximum atomic E-state index is 12.3. The molecule has 1 aromatic carbocycles. The highest BCUT2D eigenvalue weighted by Crippen LogP contribution is 2.20. The third-order valence-corrected chi connectivity index (χ3v) is 4.09. The van der Waals surface area contributed by atoms with Crippen LogP contribution in [0.25, 0.3) is 10.8 Å². The van der Waals surface area contributed by atoms with E-state index in [-0.39, 0.29) is 29.3 Å². The molecule has 6 nitrogen and oxygen atoms in total. The van der Waals surface area contributed by atoms with Crippen LogP contribution in [0.3, 0.4) is 0 Å². The molecule has 6 heteroatoms. The van der Waals surface area contributed by atoms with Crippen LogP contribution in [0.2, 0.25) is 0 Å². The van der Waals surface area contributed by atoms with Crippen LogP contribution in [-0.4, -0.2) is 22.8 Å². The Labute approximate surface area is 126 Å². The molecule has 3 N–H and O–H groups in total. The van der Waals surface area contributed by atoms with E-state index < -0.39 is 0 Å². The molecule has 1 aromatic heterocycles. The number of pyridine rings is 1. The van der Waals surface area contributed by atoms with Gasteiger partial charge in [-0.05, 0) is 36.1 Å². The molecule has 1 saturated heterocycles. The average molecular weight is 299 g/mol. The highest BCUT2D eigenvalue weighted by atomic mass is 16.2. The van der Waals surface area contributed by atoms with Crippen molar-refractivity contribution in [2.75, 3.05) is 5.32 Å². The molecular weight excluding hydrogens is 282 g/mol. The first-order chi connectivity index (χ1) is 10.5. The summed E-state index contributed by atoms with van der Waals surface area (Å²) >= 11 is 0. The van der Waals surface area contributed by atoms with Gasteiger partial charge < -0.3 is 15.6 Å². The largest absolute Gasteiger partial charge is 0.353 e. The summed E-state index contributed by atoms with van der Waals surface area (Å²) in [5.41, 5.74) is 0.483. The molecule has 2 atom stereocenters. The van der Waals surface area contributed by atoms with Gasteiger partial charge in [-0.15, -0.1) is 0 Å². The number of hydrogen-bond acceptors (Lipinski definition) is 3. The number of aromatic amines is 1. The Hall–Kier alpha value is -2.63. The van der Waals surface area contributed by atoms with Crippen molar-refractivity contribution >= 4 is 28.3 Å². The molecule has 0 saturated carbocycles. The minimum atomic E-state index is -0.304. The Morgan fingerprint density at radius 1 is 1.32 bits per heavy atom. The Bertz CT molecular complexity index is 797. The second kappa shape index (κ2) is 5.63. The van der Waals surface area contributed by atoms with Gasteiger partial charge in [-0.1, -0.05) is 6.92 Å². The van der Waals surface area contributed by atoms with Crippen molar-refractivity contribution in [2.24, 2.45) is 5.92 Å². The normalized spacial score (nSPS) is 19.0. The highest BCUT2D eigenvalue weighted by Gasteiger charge is 2.30. The van der Waals surface area contributed by atoms with Gasteiger partial charge in [-0.3, -0.25) is 14.4 Å². The summed E-state index contributed by atoms with van der Waals surface area (Å²) in [4.78, 5) is 37.8. The van der Waals surface area contributed by atoms with Crippen molar-refractivity contribution in [3.8, 4) is 0 Å². The number of fused-ring (bicyclic) bond motifs is 1. The van der Waals surface area contributed by atoms with E-state index >= 15 is 0 Å². The number of nitrogens with one attached hydrogen (secondary N) is 3. The number of rotatable bonds is 3. The number of carbonyl (C=O) groups excluding carboxylic acids is 2. The van der Waals surface area contributed by atoms with Gasteiger partial charge in [-0.25, -0.2) is 0 Å². The minimum Gasteiger partial charge on any atom is -0.353 e. The predicted molar refractivity (Wildman–Crippen MR) is 83.5 cm³/mol. The van der Waals surface area contributed by atoms with Gasteiger partial charge in [0, 0.05) is 29.7 Å². The standard InChI is InChI=1S/C16H17N3O3/c1-9(13-4-5-14(20)19-13)15(21)18-11-2-3-12-10(8-11)6-7-17-16(12)22/h2-3,6-9,13H,4-5H2,1H3,(H,17,22)(H,18,21)(H,19,20). The molecule has 2 amide bonds. The van der Waals surface area contributed by atoms with Crippen LogP contribution < -0.4 is 16.2 Å². The zero-order valence-electron chi connectivity index (χ0n) is 12.2. The number of H-pyrrole nitrogens is 1. The Kier molecular flexibility index (Phi) is 3.66. The predicted octanol–water partition coefficient (Wildman–Crippen LogP) is 1.38. The van der Waals surface area contributed by atoms with E-state index in [1.807, 2.05) is 0 Å². The summed E-state index contributed by atoms with van der Waals surface area (Å²) in [6.45, 7) is 1.80. The lowest BCUT2D eigenvalue weighted by atomic mass is 9.99. The molecule has 1 aliphatic rings. The van der Waals surface area contributed by atoms with E-state index in [2.05, 4.69) is 15.6 Å². The summed E-state index contributed by atoms with van der Waals surface area (Å²) < 4.78 is 0. The SMILES string of the molecule is CC(C(=O)Nc1ccc2c(=O)[nH]ccc2c1)C1CCC(=O)N1. The Morgan fingerprint density at radius 2 is 2.14 bits per heavy atom. The molecule has 0 radical (unpaired) electrons. The first kappa shape index (κ1) is 14.3. The van der Waals surface area contributed by atoms with E-state index in [0.29, 0.717) is 23.9 Å². The third-order valence-electron chi connectivity index (χ3n) is 4.09. The first-order valence-electron chi connectivity index (χ1n) is 7.26. The maximum absolute atomic E-state index is 12.3. The molecule has 0 bridgehead atoms. The van der Waals surface area contributed by atoms with E-state index in [0.717, 1.165) is 5.39 Å². The molecule has 114 valence electrons. The summed E-state index contributed by atoms with van der Waals surface area (Å²) in [6, 6.07) is 6.83. The number of carbonyl (C=O) groups is 2. The number of aromatic nitrogens is 1. The maximum Gasteiger partial charge on any atom is 0.255 e. The van der Waals surface area contributed by atoms with Crippen molar-refractivity contribution in [3.63, 3.8) is 0 Å². The fraction of sp³-hybridized carbons (Fsp3) is 0.312. The molecular formula is C16H17N3O3. The highest BCUT2D eigenvalue weighted by molar-refractivity contribution is 5.96. The quantitative estimate of drug-likeness (QED) is 0.799. The summed E-state index contributed by atoms with van der Waals surface area (Å²) in [7, 11) is 0. The van der Waals surface area contributed by atoms with Crippen molar-refractivity contribution in [2.45, 2.75) is 25.8 Å². The zero-order valence-corrected chi connectivity index (χ0v) is 12.2. The minimum absolute atomic E-state index is 0.00502. The molecule has 0 aliphatic carbocycles. The molecule has 1 aliphatic heterocycles. The van der Waals surface area contributed by atoms with Gasteiger partial charge in [-0.2, -0.15) is 0 Å². The smallest absolute Gasteiger partial charge is 0.255 e. The molecule has 2 aromatic rings. The second-order valence-corrected chi connectivity index (χ2v) is 5.60. The number of hydrogen-bond donors (Lipinski definition) is 3. The van der Waals surface area contributed by atoms with Gasteiger partial charge in [0.2, 0.25) is 11.8 Å². The lowest BCUT2D eigenvalue weighted by Gasteiger charge is -2.18. The summed E-state index contributed by atoms with van der Waals surface area (Å²) in [5.74, 6) is -0.452. The number of anilines is 1. The summed E-state index contributed by atoms with van der Waals surface area (Å²) in [6.07, 6.45) is 2.73. The van der Waals surface area contributed by atoms with Crippen molar-refractivity contribution in [1.29, 1.82) is 0 Å². The second-order valence-electron chi connectivity index (χ2n) is 5.60. The monoisotopic (exact) mass is 299 g/mol. The molecule has 2 unspecified atom stereocenters. The third kappa shape index (κ3) is 2.72. The Balaban J connectivity index is 1.76. The lowest BCUT2D eigenvalue weighted by Crippen LogP contribution is -2.38. The van der Waals surface area contributed by atoms with Crippen LogP contribution in [0.4, 0.5) is 5.69 Å². The number of amides is 2. The first-order valence-corrected chi connectivity index (χ1v) is 7.26. The van der Waals surface area contributed by atoms with Gasteiger partial charge >= 0.3 is 0 Å². The lowest BCUT2D eigenvalue weighted by molar-refractivity contribution is -0.121. The molecule has 22 heavy (non-hydrogen) atoms. The average Bonchev–Trinajstić information content (AvgIpc) is 2.93. The Morgan fingerprint density at radius 3 is 2.86 bits per heavy atom. The van der Waals surface area contributed by atoms with Crippen molar-refractivity contribution < 1.29 is 9.59 Å². The molecule has 2 heterocycles. The van der Waals surface area contributed by atoms with Gasteiger partial charge in [0.05, 0.1) is 5.92 Å². The molecule has 1 fully saturated rings. The van der Waals surface area contributed by atoms with Crippen LogP contribution in [0.1, 0.15) is 19.8 Å². The van der Waals surface area contributed by atoms with E-state index in [4.69, 9.17) is 0 Å². The van der Waals surface area contributed by atoms with E-state index in [9.17, 15) is 14.4 Å². The van der Waals surface area contributed by atoms with Crippen LogP contribution in [-0.2, 0) is 9.59 Å². The van der Waals surface area contributed by atoms with E-state index in [1.54, 1.807) is 37.4 Å². The fourth-order valence-corrected chi connectivity index (χ4v) is 2.72. The van der Waals surface area contributed by atoms with Crippen LogP contribution in [0.5, 0.6) is 0 Å². The van der Waals surface area contributed by atoms with Crippen molar-refractivity contribution in [3.05, 3.63) is 40.8 Å². The summed E-state index contributed by atoms with van der Waals surface area (Å²) in [5, 5.41) is 7.00. The van der Waals surface area contributed by atoms with Gasteiger partial charge in [0.25, 0.3) is 5.56 Å². The molecule has 0 spiro atoms. The van der Waals surface area contributed by atoms with Gasteiger partial charge in [0.1, 0.15) is 0 Å². The fourth-order valence-electron chi connectivity index (χ4n) is 2.72. The topological polar surface area (TPSA) is 91.1 Å².